The number of benzene rings is 1. The molecule has 4 atom stereocenters. The van der Waals surface area contributed by atoms with Gasteiger partial charge in [0.05, 0.1) is 17.0 Å². The van der Waals surface area contributed by atoms with Crippen molar-refractivity contribution in [3.8, 4) is 0 Å². The second kappa shape index (κ2) is 9.14. The molecule has 4 heterocycles. The fourth-order valence-corrected chi connectivity index (χ4v) is 7.84. The van der Waals surface area contributed by atoms with Crippen molar-refractivity contribution in [2.75, 3.05) is 19.6 Å². The second-order valence-electron chi connectivity index (χ2n) is 11.5. The maximum Gasteiger partial charge on any atom is 0.228 e. The number of amides is 1. The van der Waals surface area contributed by atoms with Crippen molar-refractivity contribution in [3.63, 3.8) is 0 Å². The minimum absolute atomic E-state index is 0.00714. The van der Waals surface area contributed by atoms with Gasteiger partial charge in [-0.05, 0) is 62.8 Å². The Kier molecular flexibility index (Phi) is 6.00. The van der Waals surface area contributed by atoms with E-state index >= 15 is 0 Å². The van der Waals surface area contributed by atoms with Gasteiger partial charge in [-0.3, -0.25) is 4.79 Å². The van der Waals surface area contributed by atoms with E-state index in [2.05, 4.69) is 58.2 Å². The van der Waals surface area contributed by atoms with Crippen LogP contribution < -0.4 is 5.32 Å². The SMILES string of the molecule is Cc1cn2c(n1)C1(CCC2)CNCC1C(=O)N1CCC(c2ccccc2)CC1C1CCCCC1. The first-order chi connectivity index (χ1) is 16.7. The van der Waals surface area contributed by atoms with Crippen molar-refractivity contribution in [2.24, 2.45) is 11.8 Å². The lowest BCUT2D eigenvalue weighted by Gasteiger charge is -2.47. The van der Waals surface area contributed by atoms with Crippen molar-refractivity contribution in [1.29, 1.82) is 0 Å². The van der Waals surface area contributed by atoms with E-state index in [4.69, 9.17) is 4.98 Å². The zero-order valence-corrected chi connectivity index (χ0v) is 20.7. The number of rotatable bonds is 3. The third kappa shape index (κ3) is 3.80. The van der Waals surface area contributed by atoms with Crippen LogP contribution in [0.5, 0.6) is 0 Å². The molecule has 4 aliphatic rings. The average molecular weight is 461 g/mol. The molecule has 1 amide bonds. The summed E-state index contributed by atoms with van der Waals surface area (Å²) < 4.78 is 2.34. The van der Waals surface area contributed by atoms with Crippen molar-refractivity contribution in [2.45, 2.75) is 88.6 Å². The summed E-state index contributed by atoms with van der Waals surface area (Å²) >= 11 is 0. The van der Waals surface area contributed by atoms with E-state index in [-0.39, 0.29) is 11.3 Å². The van der Waals surface area contributed by atoms with Gasteiger partial charge in [-0.2, -0.15) is 0 Å². The van der Waals surface area contributed by atoms with Crippen LogP contribution in [0, 0.1) is 18.8 Å². The Morgan fingerprint density at radius 3 is 2.71 bits per heavy atom. The van der Waals surface area contributed by atoms with E-state index in [1.807, 2.05) is 0 Å². The van der Waals surface area contributed by atoms with E-state index in [1.165, 1.54) is 37.7 Å². The predicted molar refractivity (Wildman–Crippen MR) is 135 cm³/mol. The van der Waals surface area contributed by atoms with Crippen LogP contribution >= 0.6 is 0 Å². The zero-order chi connectivity index (χ0) is 23.1. The maximum atomic E-state index is 14.4. The summed E-state index contributed by atoms with van der Waals surface area (Å²) in [4.78, 5) is 21.8. The number of fused-ring (bicyclic) bond motifs is 2. The van der Waals surface area contributed by atoms with Crippen molar-refractivity contribution in [1.82, 2.24) is 19.8 Å². The summed E-state index contributed by atoms with van der Waals surface area (Å²) in [5.41, 5.74) is 2.40. The molecule has 1 aromatic heterocycles. The van der Waals surface area contributed by atoms with Crippen molar-refractivity contribution in [3.05, 3.63) is 53.6 Å². The van der Waals surface area contributed by atoms with E-state index < -0.39 is 0 Å². The Morgan fingerprint density at radius 2 is 1.88 bits per heavy atom. The molecule has 34 heavy (non-hydrogen) atoms. The van der Waals surface area contributed by atoms with E-state index in [0.717, 1.165) is 63.4 Å². The summed E-state index contributed by atoms with van der Waals surface area (Å²) in [5.74, 6) is 2.80. The Balaban J connectivity index is 1.30. The number of likely N-dealkylation sites (tertiary alicyclic amines) is 1. The minimum atomic E-state index is -0.142. The molecule has 2 saturated heterocycles. The molecular weight excluding hydrogens is 420 g/mol. The molecule has 1 N–H and O–H groups in total. The van der Waals surface area contributed by atoms with Crippen molar-refractivity contribution >= 4 is 5.91 Å². The molecule has 4 unspecified atom stereocenters. The molecule has 2 aromatic rings. The topological polar surface area (TPSA) is 50.2 Å². The largest absolute Gasteiger partial charge is 0.339 e. The standard InChI is InChI=1S/C29H40N4O/c1-21-19-32-15-8-14-29(28(32)31-21)20-30-18-25(29)27(34)33-16-13-24(22-9-4-2-5-10-22)17-26(33)23-11-6-3-7-12-23/h2,4-5,9-10,19,23-26,30H,3,6-8,11-18,20H2,1H3. The number of aromatic nitrogens is 2. The van der Waals surface area contributed by atoms with Gasteiger partial charge >= 0.3 is 0 Å². The van der Waals surface area contributed by atoms with Gasteiger partial charge < -0.3 is 14.8 Å². The van der Waals surface area contributed by atoms with Crippen LogP contribution in [0.4, 0.5) is 0 Å². The summed E-state index contributed by atoms with van der Waals surface area (Å²) in [6.07, 6.45) is 13.2. The lowest BCUT2D eigenvalue weighted by molar-refractivity contribution is -0.143. The monoisotopic (exact) mass is 460 g/mol. The number of carbonyl (C=O) groups is 1. The van der Waals surface area contributed by atoms with Crippen LogP contribution in [0.15, 0.2) is 36.5 Å². The van der Waals surface area contributed by atoms with Crippen LogP contribution in [0.3, 0.4) is 0 Å². The molecule has 6 rings (SSSR count). The van der Waals surface area contributed by atoms with Gasteiger partial charge in [0.1, 0.15) is 5.82 Å². The first-order valence-electron chi connectivity index (χ1n) is 13.8. The fraction of sp³-hybridized carbons (Fsp3) is 0.655. The molecule has 0 bridgehead atoms. The molecule has 0 radical (unpaired) electrons. The third-order valence-electron chi connectivity index (χ3n) is 9.51. The van der Waals surface area contributed by atoms with Crippen LogP contribution in [-0.4, -0.2) is 46.0 Å². The Labute approximate surface area is 204 Å². The van der Waals surface area contributed by atoms with Gasteiger partial charge in [-0.25, -0.2) is 4.98 Å². The number of piperidine rings is 1. The highest BCUT2D eigenvalue weighted by atomic mass is 16.2. The Morgan fingerprint density at radius 1 is 1.06 bits per heavy atom. The number of aryl methyl sites for hydroxylation is 2. The molecule has 3 aliphatic heterocycles. The summed E-state index contributed by atoms with van der Waals surface area (Å²) in [7, 11) is 0. The lowest BCUT2D eigenvalue weighted by Crippen LogP contribution is -2.55. The van der Waals surface area contributed by atoms with Crippen LogP contribution in [0.1, 0.15) is 80.8 Å². The predicted octanol–water partition coefficient (Wildman–Crippen LogP) is 4.80. The Hall–Kier alpha value is -2.14. The molecule has 5 heteroatoms. The normalized spacial score (nSPS) is 32.1. The highest BCUT2D eigenvalue weighted by Crippen LogP contribution is 2.45. The van der Waals surface area contributed by atoms with Gasteiger partial charge in [-0.15, -0.1) is 0 Å². The average Bonchev–Trinajstić information content (AvgIpc) is 3.48. The molecule has 1 saturated carbocycles. The van der Waals surface area contributed by atoms with Crippen LogP contribution in [0.2, 0.25) is 0 Å². The van der Waals surface area contributed by atoms with Gasteiger partial charge in [0.15, 0.2) is 0 Å². The zero-order valence-electron chi connectivity index (χ0n) is 20.7. The summed E-state index contributed by atoms with van der Waals surface area (Å²) in [5, 5.41) is 3.63. The third-order valence-corrected chi connectivity index (χ3v) is 9.51. The van der Waals surface area contributed by atoms with Crippen LogP contribution in [0.25, 0.3) is 0 Å². The van der Waals surface area contributed by atoms with E-state index in [0.29, 0.717) is 23.8 Å². The maximum absolute atomic E-state index is 14.4. The molecule has 182 valence electrons. The molecule has 1 aliphatic carbocycles. The quantitative estimate of drug-likeness (QED) is 0.716. The van der Waals surface area contributed by atoms with Gasteiger partial charge in [0.25, 0.3) is 0 Å². The number of nitrogens with one attached hydrogen (secondary N) is 1. The smallest absolute Gasteiger partial charge is 0.228 e. The summed E-state index contributed by atoms with van der Waals surface area (Å²) in [6, 6.07) is 11.4. The lowest BCUT2D eigenvalue weighted by atomic mass is 9.70. The second-order valence-corrected chi connectivity index (χ2v) is 11.5. The van der Waals surface area contributed by atoms with Crippen LogP contribution in [-0.2, 0) is 16.8 Å². The van der Waals surface area contributed by atoms with Gasteiger partial charge in [-0.1, -0.05) is 49.6 Å². The molecule has 1 spiro atoms. The highest BCUT2D eigenvalue weighted by Gasteiger charge is 2.54. The number of imidazole rings is 1. The molecule has 3 fully saturated rings. The van der Waals surface area contributed by atoms with Gasteiger partial charge in [0, 0.05) is 38.4 Å². The first kappa shape index (κ1) is 22.3. The van der Waals surface area contributed by atoms with E-state index in [9.17, 15) is 4.79 Å². The van der Waals surface area contributed by atoms with E-state index in [1.54, 1.807) is 0 Å². The van der Waals surface area contributed by atoms with Crippen molar-refractivity contribution < 1.29 is 4.79 Å². The number of hydrogen-bond donors (Lipinski definition) is 1. The Bertz CT molecular complexity index is 1010. The fourth-order valence-electron chi connectivity index (χ4n) is 7.84. The van der Waals surface area contributed by atoms with Gasteiger partial charge in [0.2, 0.25) is 5.91 Å². The summed E-state index contributed by atoms with van der Waals surface area (Å²) in [6.45, 7) is 5.70. The molecule has 5 nitrogen and oxygen atoms in total. The molecular formula is C29H40N4O. The minimum Gasteiger partial charge on any atom is -0.339 e. The first-order valence-corrected chi connectivity index (χ1v) is 13.8. The number of hydrogen-bond acceptors (Lipinski definition) is 3. The number of carbonyl (C=O) groups excluding carboxylic acids is 1. The number of nitrogens with zero attached hydrogens (tertiary/aromatic N) is 3. The highest BCUT2D eigenvalue weighted by molar-refractivity contribution is 5.82. The molecule has 1 aromatic carbocycles.